The number of aryl methyl sites for hydroxylation is 1. The topological polar surface area (TPSA) is 71.8 Å². The lowest BCUT2D eigenvalue weighted by Gasteiger charge is -2.21. The fourth-order valence-electron chi connectivity index (χ4n) is 3.03. The first-order chi connectivity index (χ1) is 14.5. The lowest BCUT2D eigenvalue weighted by Crippen LogP contribution is -2.31. The molecule has 2 amide bonds. The molecule has 0 unspecified atom stereocenters. The molecule has 3 aromatic rings. The van der Waals surface area contributed by atoms with Crippen molar-refractivity contribution in [3.63, 3.8) is 0 Å². The number of hydrogen-bond acceptors (Lipinski definition) is 5. The molecule has 0 spiro atoms. The molecule has 7 heteroatoms. The summed E-state index contributed by atoms with van der Waals surface area (Å²) in [6.45, 7) is 3.47. The normalized spacial score (nSPS) is 10.6. The van der Waals surface area contributed by atoms with Crippen LogP contribution in [-0.2, 0) is 17.9 Å². The first-order valence-corrected chi connectivity index (χ1v) is 10.6. The van der Waals surface area contributed by atoms with Crippen LogP contribution in [0.15, 0.2) is 59.2 Å². The first-order valence-electron chi connectivity index (χ1n) is 9.83. The van der Waals surface area contributed by atoms with Gasteiger partial charge in [0.1, 0.15) is 11.5 Å². The van der Waals surface area contributed by atoms with Crippen LogP contribution in [0.25, 0.3) is 0 Å². The van der Waals surface area contributed by atoms with Gasteiger partial charge in [0.25, 0.3) is 5.91 Å². The molecule has 0 aliphatic rings. The van der Waals surface area contributed by atoms with Gasteiger partial charge in [0.2, 0.25) is 5.91 Å². The van der Waals surface area contributed by atoms with Crippen molar-refractivity contribution in [3.8, 4) is 5.75 Å². The van der Waals surface area contributed by atoms with E-state index in [-0.39, 0.29) is 11.8 Å². The van der Waals surface area contributed by atoms with Crippen molar-refractivity contribution in [1.82, 2.24) is 10.2 Å². The van der Waals surface area contributed by atoms with Gasteiger partial charge in [0, 0.05) is 28.3 Å². The van der Waals surface area contributed by atoms with Crippen molar-refractivity contribution in [3.05, 3.63) is 75.9 Å². The van der Waals surface area contributed by atoms with Crippen LogP contribution in [0.4, 0.5) is 0 Å². The van der Waals surface area contributed by atoms with E-state index in [1.807, 2.05) is 12.1 Å². The summed E-state index contributed by atoms with van der Waals surface area (Å²) in [4.78, 5) is 29.2. The number of rotatable bonds is 10. The molecule has 0 radical (unpaired) electrons. The van der Waals surface area contributed by atoms with E-state index in [0.29, 0.717) is 43.8 Å². The molecule has 0 bridgehead atoms. The van der Waals surface area contributed by atoms with Gasteiger partial charge in [-0.1, -0.05) is 0 Å². The van der Waals surface area contributed by atoms with Gasteiger partial charge in [0.05, 0.1) is 26.5 Å². The fourth-order valence-corrected chi connectivity index (χ4v) is 3.93. The van der Waals surface area contributed by atoms with Gasteiger partial charge in [-0.15, -0.1) is 11.3 Å². The van der Waals surface area contributed by atoms with Crippen molar-refractivity contribution in [2.75, 3.05) is 13.7 Å². The zero-order chi connectivity index (χ0) is 21.3. The smallest absolute Gasteiger partial charge is 0.251 e. The molecule has 0 aliphatic heterocycles. The quantitative estimate of drug-likeness (QED) is 0.488. The predicted octanol–water partition coefficient (Wildman–Crippen LogP) is 4.40. The number of furan rings is 1. The van der Waals surface area contributed by atoms with Crippen LogP contribution in [0.3, 0.4) is 0 Å². The standard InChI is InChI=1S/C23H26N2O4S/c1-17-7-12-21(30-17)16-25(15-20-5-4-14-29-20)22(26)6-3-13-24-23(27)18-8-10-19(28-2)11-9-18/h4-5,7-12,14H,3,6,13,15-16H2,1-2H3,(H,24,27). The van der Waals surface area contributed by atoms with Gasteiger partial charge in [-0.25, -0.2) is 0 Å². The van der Waals surface area contributed by atoms with Crippen LogP contribution in [0.1, 0.15) is 38.7 Å². The molecular weight excluding hydrogens is 400 g/mol. The Hall–Kier alpha value is -3.06. The number of methoxy groups -OCH3 is 1. The van der Waals surface area contributed by atoms with Gasteiger partial charge < -0.3 is 19.4 Å². The zero-order valence-corrected chi connectivity index (χ0v) is 18.0. The van der Waals surface area contributed by atoms with Crippen molar-refractivity contribution in [2.45, 2.75) is 32.9 Å². The Balaban J connectivity index is 1.49. The fraction of sp³-hybridized carbons (Fsp3) is 0.304. The highest BCUT2D eigenvalue weighted by molar-refractivity contribution is 7.11. The van der Waals surface area contributed by atoms with Crippen LogP contribution >= 0.6 is 11.3 Å². The molecule has 1 aromatic carbocycles. The third-order valence-corrected chi connectivity index (χ3v) is 5.61. The number of thiophene rings is 1. The van der Waals surface area contributed by atoms with Crippen molar-refractivity contribution < 1.29 is 18.7 Å². The van der Waals surface area contributed by atoms with E-state index >= 15 is 0 Å². The van der Waals surface area contributed by atoms with Gasteiger partial charge in [-0.3, -0.25) is 9.59 Å². The number of nitrogens with zero attached hydrogens (tertiary/aromatic N) is 1. The van der Waals surface area contributed by atoms with Gasteiger partial charge >= 0.3 is 0 Å². The summed E-state index contributed by atoms with van der Waals surface area (Å²) in [5.74, 6) is 1.34. The maximum atomic E-state index is 12.8. The summed E-state index contributed by atoms with van der Waals surface area (Å²) in [5, 5.41) is 2.86. The second kappa shape index (κ2) is 10.6. The molecule has 0 atom stereocenters. The Morgan fingerprint density at radius 1 is 1.10 bits per heavy atom. The average Bonchev–Trinajstić information content (AvgIpc) is 3.42. The van der Waals surface area contributed by atoms with E-state index < -0.39 is 0 Å². The molecule has 2 aromatic heterocycles. The molecule has 2 heterocycles. The van der Waals surface area contributed by atoms with Crippen LogP contribution in [0.2, 0.25) is 0 Å². The number of nitrogens with one attached hydrogen (secondary N) is 1. The van der Waals surface area contributed by atoms with Gasteiger partial charge in [0.15, 0.2) is 0 Å². The minimum atomic E-state index is -0.161. The van der Waals surface area contributed by atoms with E-state index in [2.05, 4.69) is 24.4 Å². The summed E-state index contributed by atoms with van der Waals surface area (Å²) >= 11 is 1.69. The highest BCUT2D eigenvalue weighted by Crippen LogP contribution is 2.19. The number of hydrogen-bond donors (Lipinski definition) is 1. The van der Waals surface area contributed by atoms with E-state index in [1.165, 1.54) is 4.88 Å². The van der Waals surface area contributed by atoms with Gasteiger partial charge in [-0.05, 0) is 61.9 Å². The summed E-state index contributed by atoms with van der Waals surface area (Å²) in [6, 6.07) is 14.7. The highest BCUT2D eigenvalue weighted by Gasteiger charge is 2.17. The number of carbonyl (C=O) groups is 2. The second-order valence-electron chi connectivity index (χ2n) is 6.93. The molecule has 0 saturated heterocycles. The Morgan fingerprint density at radius 3 is 2.53 bits per heavy atom. The van der Waals surface area contributed by atoms with Gasteiger partial charge in [-0.2, -0.15) is 0 Å². The van der Waals surface area contributed by atoms with E-state index in [0.717, 1.165) is 10.6 Å². The lowest BCUT2D eigenvalue weighted by atomic mass is 10.2. The maximum absolute atomic E-state index is 12.8. The summed E-state index contributed by atoms with van der Waals surface area (Å²) in [7, 11) is 1.58. The van der Waals surface area contributed by atoms with Crippen LogP contribution in [0.5, 0.6) is 5.75 Å². The van der Waals surface area contributed by atoms with Crippen molar-refractivity contribution >= 4 is 23.2 Å². The number of benzene rings is 1. The minimum Gasteiger partial charge on any atom is -0.497 e. The molecule has 158 valence electrons. The molecule has 1 N–H and O–H groups in total. The second-order valence-corrected chi connectivity index (χ2v) is 8.30. The van der Waals surface area contributed by atoms with Crippen molar-refractivity contribution in [1.29, 1.82) is 0 Å². The first kappa shape index (κ1) is 21.6. The number of amides is 2. The zero-order valence-electron chi connectivity index (χ0n) is 17.2. The SMILES string of the molecule is COc1ccc(C(=O)NCCCC(=O)N(Cc2ccco2)Cc2ccc(C)s2)cc1. The Labute approximate surface area is 180 Å². The van der Waals surface area contributed by atoms with E-state index in [9.17, 15) is 9.59 Å². The molecule has 3 rings (SSSR count). The minimum absolute atomic E-state index is 0.0381. The maximum Gasteiger partial charge on any atom is 0.251 e. The molecule has 0 fully saturated rings. The monoisotopic (exact) mass is 426 g/mol. The molecular formula is C23H26N2O4S. The van der Waals surface area contributed by atoms with E-state index in [1.54, 1.807) is 53.9 Å². The lowest BCUT2D eigenvalue weighted by molar-refractivity contribution is -0.132. The summed E-state index contributed by atoms with van der Waals surface area (Å²) in [6.07, 6.45) is 2.54. The predicted molar refractivity (Wildman–Crippen MR) is 117 cm³/mol. The molecule has 30 heavy (non-hydrogen) atoms. The van der Waals surface area contributed by atoms with Crippen LogP contribution in [0, 0.1) is 6.92 Å². The third kappa shape index (κ3) is 6.22. The van der Waals surface area contributed by atoms with Crippen LogP contribution in [-0.4, -0.2) is 30.4 Å². The Bertz CT molecular complexity index is 948. The average molecular weight is 427 g/mol. The van der Waals surface area contributed by atoms with E-state index in [4.69, 9.17) is 9.15 Å². The number of carbonyl (C=O) groups excluding carboxylic acids is 2. The number of ether oxygens (including phenoxy) is 1. The molecule has 0 aliphatic carbocycles. The van der Waals surface area contributed by atoms with Crippen LogP contribution < -0.4 is 10.1 Å². The largest absolute Gasteiger partial charge is 0.497 e. The highest BCUT2D eigenvalue weighted by atomic mass is 32.1. The third-order valence-electron chi connectivity index (χ3n) is 4.63. The summed E-state index contributed by atoms with van der Waals surface area (Å²) < 4.78 is 10.5. The molecule has 0 saturated carbocycles. The summed E-state index contributed by atoms with van der Waals surface area (Å²) in [5.41, 5.74) is 0.564. The molecule has 6 nitrogen and oxygen atoms in total. The Morgan fingerprint density at radius 2 is 1.90 bits per heavy atom. The van der Waals surface area contributed by atoms with Crippen molar-refractivity contribution in [2.24, 2.45) is 0 Å². The Kier molecular flexibility index (Phi) is 7.68.